The first-order valence-electron chi connectivity index (χ1n) is 10.1. The van der Waals surface area contributed by atoms with Gasteiger partial charge in [0, 0.05) is 36.1 Å². The van der Waals surface area contributed by atoms with Gasteiger partial charge in [0.1, 0.15) is 28.9 Å². The van der Waals surface area contributed by atoms with Gasteiger partial charge in [-0.1, -0.05) is 0 Å². The maximum atomic E-state index is 10.5. The highest BCUT2D eigenvalue weighted by Crippen LogP contribution is 2.31. The van der Waals surface area contributed by atoms with Crippen LogP contribution in [0.2, 0.25) is 0 Å². The molecule has 31 heavy (non-hydrogen) atoms. The second-order valence-electron chi connectivity index (χ2n) is 7.07. The molecule has 3 aromatic rings. The van der Waals surface area contributed by atoms with Crippen molar-refractivity contribution < 1.29 is 19.3 Å². The van der Waals surface area contributed by atoms with Crippen LogP contribution in [0.15, 0.2) is 47.1 Å². The number of H-pyrrole nitrogens is 1. The lowest BCUT2D eigenvalue weighted by molar-refractivity contribution is 0.112. The number of aromatic amines is 1. The van der Waals surface area contributed by atoms with Crippen molar-refractivity contribution in [2.75, 3.05) is 38.8 Å². The lowest BCUT2D eigenvalue weighted by Gasteiger charge is -2.26. The van der Waals surface area contributed by atoms with E-state index in [0.29, 0.717) is 23.8 Å². The monoisotopic (exact) mass is 489 g/mol. The molecule has 1 atom stereocenters. The Kier molecular flexibility index (Phi) is 7.81. The molecule has 0 saturated carbocycles. The molecule has 0 aliphatic carbocycles. The van der Waals surface area contributed by atoms with Gasteiger partial charge in [0.2, 0.25) is 0 Å². The fourth-order valence-corrected chi connectivity index (χ4v) is 3.50. The number of anilines is 1. The van der Waals surface area contributed by atoms with Gasteiger partial charge in [-0.2, -0.15) is 0 Å². The van der Waals surface area contributed by atoms with E-state index < -0.39 is 6.10 Å². The van der Waals surface area contributed by atoms with Crippen LogP contribution in [0, 0.1) is 6.92 Å². The Morgan fingerprint density at radius 3 is 2.39 bits per heavy atom. The normalized spacial score (nSPS) is 11.8. The van der Waals surface area contributed by atoms with Crippen LogP contribution in [-0.4, -0.2) is 55.1 Å². The number of halogens is 1. The Hall–Kier alpha value is -2.71. The number of aliphatic hydroxyl groups is 1. The predicted octanol–water partition coefficient (Wildman–Crippen LogP) is 4.43. The Labute approximate surface area is 191 Å². The van der Waals surface area contributed by atoms with E-state index in [1.165, 1.54) is 0 Å². The van der Waals surface area contributed by atoms with E-state index in [4.69, 9.17) is 14.2 Å². The highest BCUT2D eigenvalue weighted by molar-refractivity contribution is 9.10. The number of likely N-dealkylation sites (N-methyl/N-ethyl adjacent to an activating group) is 1. The lowest BCUT2D eigenvalue weighted by Crippen LogP contribution is -2.35. The summed E-state index contributed by atoms with van der Waals surface area (Å²) in [4.78, 5) is 9.73. The number of aromatic nitrogens is 2. The van der Waals surface area contributed by atoms with Crippen molar-refractivity contribution in [2.24, 2.45) is 0 Å². The molecular weight excluding hydrogens is 462 g/mol. The standard InChI is InChI=1S/C23H28BrN3O4/c1-5-27(17-8-11-20(29-3)21(12-17)30-4)13-18(28)14-31-19-9-6-16(7-10-19)23-25-15(2)22(24)26-23/h6-12,18,28H,5,13-14H2,1-4H3,(H,25,26). The molecule has 2 N–H and O–H groups in total. The van der Waals surface area contributed by atoms with Gasteiger partial charge in [-0.15, -0.1) is 0 Å². The summed E-state index contributed by atoms with van der Waals surface area (Å²) >= 11 is 3.41. The summed E-state index contributed by atoms with van der Waals surface area (Å²) in [5, 5.41) is 10.5. The number of benzene rings is 2. The Morgan fingerprint density at radius 2 is 1.81 bits per heavy atom. The Morgan fingerprint density at radius 1 is 1.10 bits per heavy atom. The van der Waals surface area contributed by atoms with Crippen molar-refractivity contribution >= 4 is 21.6 Å². The van der Waals surface area contributed by atoms with E-state index >= 15 is 0 Å². The summed E-state index contributed by atoms with van der Waals surface area (Å²) in [6.45, 7) is 5.36. The van der Waals surface area contributed by atoms with Crippen LogP contribution in [-0.2, 0) is 0 Å². The molecule has 0 spiro atoms. The molecule has 8 heteroatoms. The highest BCUT2D eigenvalue weighted by Gasteiger charge is 2.15. The third-order valence-corrected chi connectivity index (χ3v) is 5.71. The number of hydrogen-bond donors (Lipinski definition) is 2. The molecule has 1 heterocycles. The molecule has 7 nitrogen and oxygen atoms in total. The molecule has 0 aliphatic rings. The molecule has 0 fully saturated rings. The number of methoxy groups -OCH3 is 2. The minimum atomic E-state index is -0.656. The van der Waals surface area contributed by atoms with Gasteiger partial charge in [-0.3, -0.25) is 0 Å². The fraction of sp³-hybridized carbons (Fsp3) is 0.348. The number of aryl methyl sites for hydroxylation is 1. The predicted molar refractivity (Wildman–Crippen MR) is 125 cm³/mol. The van der Waals surface area contributed by atoms with Crippen molar-refractivity contribution in [1.82, 2.24) is 9.97 Å². The zero-order chi connectivity index (χ0) is 22.4. The molecular formula is C23H28BrN3O4. The maximum Gasteiger partial charge on any atom is 0.162 e. The van der Waals surface area contributed by atoms with Gasteiger partial charge in [-0.25, -0.2) is 4.98 Å². The largest absolute Gasteiger partial charge is 0.493 e. The zero-order valence-electron chi connectivity index (χ0n) is 18.2. The van der Waals surface area contributed by atoms with Crippen LogP contribution in [0.3, 0.4) is 0 Å². The van der Waals surface area contributed by atoms with Crippen molar-refractivity contribution in [2.45, 2.75) is 20.0 Å². The van der Waals surface area contributed by atoms with Gasteiger partial charge in [0.05, 0.1) is 14.2 Å². The molecule has 3 rings (SSSR count). The van der Waals surface area contributed by atoms with Crippen molar-refractivity contribution in [3.8, 4) is 28.6 Å². The van der Waals surface area contributed by atoms with Crippen LogP contribution in [0.4, 0.5) is 5.69 Å². The summed E-state index contributed by atoms with van der Waals surface area (Å²) in [5.74, 6) is 2.82. The fourth-order valence-electron chi connectivity index (χ4n) is 3.22. The molecule has 0 bridgehead atoms. The summed E-state index contributed by atoms with van der Waals surface area (Å²) < 4.78 is 17.3. The highest BCUT2D eigenvalue weighted by atomic mass is 79.9. The van der Waals surface area contributed by atoms with Crippen LogP contribution >= 0.6 is 15.9 Å². The van der Waals surface area contributed by atoms with E-state index in [9.17, 15) is 5.11 Å². The number of aliphatic hydroxyl groups excluding tert-OH is 1. The molecule has 2 aromatic carbocycles. The van der Waals surface area contributed by atoms with Crippen molar-refractivity contribution in [3.05, 3.63) is 52.8 Å². The van der Waals surface area contributed by atoms with E-state index in [0.717, 1.165) is 33.9 Å². The number of nitrogens with zero attached hydrogens (tertiary/aromatic N) is 2. The minimum Gasteiger partial charge on any atom is -0.493 e. The van der Waals surface area contributed by atoms with Crippen LogP contribution in [0.25, 0.3) is 11.4 Å². The molecule has 1 unspecified atom stereocenters. The summed E-state index contributed by atoms with van der Waals surface area (Å²) in [6.07, 6.45) is -0.656. The number of ether oxygens (including phenoxy) is 3. The molecule has 0 saturated heterocycles. The molecule has 0 aliphatic heterocycles. The Balaban J connectivity index is 1.58. The quantitative estimate of drug-likeness (QED) is 0.438. The number of hydrogen-bond acceptors (Lipinski definition) is 6. The van der Waals surface area contributed by atoms with E-state index in [2.05, 4.69) is 30.8 Å². The topological polar surface area (TPSA) is 79.8 Å². The summed E-state index contributed by atoms with van der Waals surface area (Å²) in [5.41, 5.74) is 2.89. The van der Waals surface area contributed by atoms with E-state index in [1.54, 1.807) is 14.2 Å². The van der Waals surface area contributed by atoms with Gasteiger partial charge < -0.3 is 29.2 Å². The zero-order valence-corrected chi connectivity index (χ0v) is 19.8. The van der Waals surface area contributed by atoms with Crippen LogP contribution in [0.5, 0.6) is 17.2 Å². The van der Waals surface area contributed by atoms with Gasteiger partial charge in [0.15, 0.2) is 11.5 Å². The van der Waals surface area contributed by atoms with Crippen LogP contribution in [0.1, 0.15) is 12.6 Å². The van der Waals surface area contributed by atoms with Crippen molar-refractivity contribution in [3.63, 3.8) is 0 Å². The van der Waals surface area contributed by atoms with Crippen molar-refractivity contribution in [1.29, 1.82) is 0 Å². The Bertz CT molecular complexity index is 971. The summed E-state index contributed by atoms with van der Waals surface area (Å²) in [6, 6.07) is 13.3. The second kappa shape index (κ2) is 10.5. The van der Waals surface area contributed by atoms with Crippen LogP contribution < -0.4 is 19.1 Å². The van der Waals surface area contributed by atoms with Gasteiger partial charge in [-0.05, 0) is 66.2 Å². The third kappa shape index (κ3) is 5.71. The number of imidazole rings is 1. The number of rotatable bonds is 10. The number of nitrogens with one attached hydrogen (secondary N) is 1. The molecule has 0 radical (unpaired) electrons. The average molecular weight is 490 g/mol. The van der Waals surface area contributed by atoms with E-state index in [1.807, 2.05) is 56.3 Å². The first kappa shape index (κ1) is 23.0. The first-order valence-corrected chi connectivity index (χ1v) is 10.8. The minimum absolute atomic E-state index is 0.189. The van der Waals surface area contributed by atoms with Gasteiger partial charge in [0.25, 0.3) is 0 Å². The molecule has 0 amide bonds. The third-order valence-electron chi connectivity index (χ3n) is 4.94. The molecule has 166 valence electrons. The summed E-state index contributed by atoms with van der Waals surface area (Å²) in [7, 11) is 3.22. The smallest absolute Gasteiger partial charge is 0.162 e. The van der Waals surface area contributed by atoms with E-state index in [-0.39, 0.29) is 6.61 Å². The molecule has 1 aromatic heterocycles. The second-order valence-corrected chi connectivity index (χ2v) is 7.82. The first-order chi connectivity index (χ1) is 14.9. The lowest BCUT2D eigenvalue weighted by atomic mass is 10.2. The SMILES string of the molecule is CCN(CC(O)COc1ccc(-c2nc(Br)c(C)[nH]2)cc1)c1ccc(OC)c(OC)c1. The van der Waals surface area contributed by atoms with Gasteiger partial charge >= 0.3 is 0 Å². The maximum absolute atomic E-state index is 10.5. The average Bonchev–Trinajstić information content (AvgIpc) is 3.14.